The number of ether oxygens (including phenoxy) is 1. The monoisotopic (exact) mass is 522 g/mol. The fourth-order valence-corrected chi connectivity index (χ4v) is 7.33. The summed E-state index contributed by atoms with van der Waals surface area (Å²) in [5.41, 5.74) is 1.68. The number of esters is 1. The van der Waals surface area contributed by atoms with Gasteiger partial charge in [0.05, 0.1) is 36.0 Å². The number of carbonyl (C=O) groups excluding carboxylic acids is 2. The highest BCUT2D eigenvalue weighted by Crippen LogP contribution is 2.35. The number of likely N-dealkylation sites (N-methyl/N-ethyl adjacent to an activating group) is 1. The molecular formula is C25H36N3O5S2+. The summed E-state index contributed by atoms with van der Waals surface area (Å²) in [6.07, 6.45) is 0.744. The third-order valence-electron chi connectivity index (χ3n) is 5.86. The lowest BCUT2D eigenvalue weighted by atomic mass is 10.0. The molecule has 1 aliphatic heterocycles. The standard InChI is InChI=1S/C25H35N3O5S2/c1-16(2)13-28(14-17(3)4)35(31,32)19-9-7-18(8-10-19)23(29)26-24-22(25(30)33-6)20-11-12-27(5)15-21(20)34-24/h7-10,16-17H,11-15H2,1-6H3,(H,26,29)/p+1. The quantitative estimate of drug-likeness (QED) is 0.494. The van der Waals surface area contributed by atoms with Crippen LogP contribution in [0.15, 0.2) is 29.2 Å². The first-order chi connectivity index (χ1) is 16.4. The van der Waals surface area contributed by atoms with Crippen molar-refractivity contribution in [2.75, 3.05) is 39.1 Å². The van der Waals surface area contributed by atoms with E-state index in [2.05, 4.69) is 12.4 Å². The van der Waals surface area contributed by atoms with E-state index in [4.69, 9.17) is 4.74 Å². The van der Waals surface area contributed by atoms with Crippen molar-refractivity contribution in [3.63, 3.8) is 0 Å². The summed E-state index contributed by atoms with van der Waals surface area (Å²) < 4.78 is 33.0. The smallest absolute Gasteiger partial charge is 0.341 e. The van der Waals surface area contributed by atoms with Gasteiger partial charge in [0.15, 0.2) is 0 Å². The fraction of sp³-hybridized carbons (Fsp3) is 0.520. The third-order valence-corrected chi connectivity index (χ3v) is 8.86. The van der Waals surface area contributed by atoms with Crippen molar-refractivity contribution in [1.82, 2.24) is 4.31 Å². The Morgan fingerprint density at radius 3 is 2.26 bits per heavy atom. The van der Waals surface area contributed by atoms with Crippen molar-refractivity contribution in [2.24, 2.45) is 11.8 Å². The number of hydrogen-bond donors (Lipinski definition) is 2. The Hall–Kier alpha value is -2.27. The van der Waals surface area contributed by atoms with Crippen molar-refractivity contribution in [1.29, 1.82) is 0 Å². The summed E-state index contributed by atoms with van der Waals surface area (Å²) in [6, 6.07) is 5.95. The maximum Gasteiger partial charge on any atom is 0.341 e. The van der Waals surface area contributed by atoms with Gasteiger partial charge in [0.25, 0.3) is 5.91 Å². The average Bonchev–Trinajstić information content (AvgIpc) is 3.14. The Bertz CT molecular complexity index is 1160. The molecular weight excluding hydrogens is 486 g/mol. The summed E-state index contributed by atoms with van der Waals surface area (Å²) in [6.45, 7) is 10.5. The number of amides is 1. The summed E-state index contributed by atoms with van der Waals surface area (Å²) in [5, 5.41) is 3.33. The van der Waals surface area contributed by atoms with Crippen molar-refractivity contribution in [2.45, 2.75) is 45.6 Å². The highest BCUT2D eigenvalue weighted by atomic mass is 32.2. The lowest BCUT2D eigenvalue weighted by molar-refractivity contribution is -0.895. The van der Waals surface area contributed by atoms with Gasteiger partial charge in [-0.3, -0.25) is 4.79 Å². The van der Waals surface area contributed by atoms with Gasteiger partial charge >= 0.3 is 5.97 Å². The summed E-state index contributed by atoms with van der Waals surface area (Å²) in [5.74, 6) is -0.486. The van der Waals surface area contributed by atoms with Crippen LogP contribution in [0.3, 0.4) is 0 Å². The van der Waals surface area contributed by atoms with Gasteiger partial charge in [-0.2, -0.15) is 4.31 Å². The van der Waals surface area contributed by atoms with Crippen LogP contribution in [-0.2, 0) is 27.7 Å². The molecule has 10 heteroatoms. The minimum atomic E-state index is -3.68. The molecule has 2 heterocycles. The molecule has 0 aliphatic carbocycles. The molecule has 0 fully saturated rings. The van der Waals surface area contributed by atoms with Crippen LogP contribution in [0.2, 0.25) is 0 Å². The van der Waals surface area contributed by atoms with Gasteiger partial charge in [-0.05, 0) is 41.7 Å². The van der Waals surface area contributed by atoms with Gasteiger partial charge < -0.3 is 15.0 Å². The van der Waals surface area contributed by atoms with Crippen LogP contribution in [0.25, 0.3) is 0 Å². The van der Waals surface area contributed by atoms with Crippen LogP contribution in [0.5, 0.6) is 0 Å². The number of nitrogens with zero attached hydrogens (tertiary/aromatic N) is 1. The maximum absolute atomic E-state index is 13.2. The van der Waals surface area contributed by atoms with Crippen molar-refractivity contribution < 1.29 is 27.6 Å². The molecule has 1 amide bonds. The zero-order chi connectivity index (χ0) is 25.9. The molecule has 192 valence electrons. The van der Waals surface area contributed by atoms with Gasteiger partial charge in [0.2, 0.25) is 10.0 Å². The van der Waals surface area contributed by atoms with E-state index in [1.807, 2.05) is 27.7 Å². The summed E-state index contributed by atoms with van der Waals surface area (Å²) >= 11 is 1.40. The van der Waals surface area contributed by atoms with Crippen LogP contribution in [0, 0.1) is 11.8 Å². The number of carbonyl (C=O) groups is 2. The second kappa shape index (κ2) is 11.2. The molecule has 1 atom stereocenters. The van der Waals surface area contributed by atoms with Gasteiger partial charge in [0, 0.05) is 25.1 Å². The van der Waals surface area contributed by atoms with Crippen molar-refractivity contribution in [3.05, 3.63) is 45.8 Å². The van der Waals surface area contributed by atoms with E-state index < -0.39 is 21.9 Å². The number of quaternary nitrogens is 1. The molecule has 1 aliphatic rings. The summed E-state index contributed by atoms with van der Waals surface area (Å²) in [7, 11) is -0.253. The first kappa shape index (κ1) is 27.3. The zero-order valence-corrected chi connectivity index (χ0v) is 22.9. The van der Waals surface area contributed by atoms with Crippen molar-refractivity contribution >= 4 is 38.2 Å². The van der Waals surface area contributed by atoms with E-state index in [0.717, 1.165) is 30.0 Å². The number of nitrogens with one attached hydrogen (secondary N) is 2. The highest BCUT2D eigenvalue weighted by Gasteiger charge is 2.30. The van der Waals surface area contributed by atoms with E-state index in [-0.39, 0.29) is 16.7 Å². The third kappa shape index (κ3) is 6.30. The number of sulfonamides is 1. The zero-order valence-electron chi connectivity index (χ0n) is 21.3. The molecule has 2 N–H and O–H groups in total. The van der Waals surface area contributed by atoms with Gasteiger partial charge in [-0.1, -0.05) is 27.7 Å². The average molecular weight is 523 g/mol. The highest BCUT2D eigenvalue weighted by molar-refractivity contribution is 7.89. The lowest BCUT2D eigenvalue weighted by Gasteiger charge is -2.25. The predicted octanol–water partition coefficient (Wildman–Crippen LogP) is 2.66. The SMILES string of the molecule is COC(=O)c1c(NC(=O)c2ccc(S(=O)(=O)N(CC(C)C)CC(C)C)cc2)sc2c1CC[NH+](C)C2. The fourth-order valence-electron chi connectivity index (χ4n) is 4.21. The van der Waals surface area contributed by atoms with Crippen LogP contribution in [-0.4, -0.2) is 58.4 Å². The molecule has 3 rings (SSSR count). The molecule has 0 saturated heterocycles. The molecule has 1 aromatic heterocycles. The maximum atomic E-state index is 13.2. The first-order valence-corrected chi connectivity index (χ1v) is 14.1. The van der Waals surface area contributed by atoms with Crippen LogP contribution < -0.4 is 10.2 Å². The number of thiophene rings is 1. The Morgan fingerprint density at radius 1 is 1.11 bits per heavy atom. The second-order valence-corrected chi connectivity index (χ2v) is 13.0. The number of rotatable bonds is 9. The first-order valence-electron chi connectivity index (χ1n) is 11.9. The molecule has 1 unspecified atom stereocenters. The number of hydrogen-bond acceptors (Lipinski definition) is 6. The van der Waals surface area contributed by atoms with Gasteiger partial charge in [-0.15, -0.1) is 11.3 Å². The van der Waals surface area contributed by atoms with E-state index in [9.17, 15) is 18.0 Å². The molecule has 0 radical (unpaired) electrons. The number of methoxy groups -OCH3 is 1. The summed E-state index contributed by atoms with van der Waals surface area (Å²) in [4.78, 5) is 28.1. The number of benzene rings is 1. The Labute approximate surface area is 212 Å². The molecule has 1 aromatic carbocycles. The number of anilines is 1. The molecule has 0 spiro atoms. The Balaban J connectivity index is 1.84. The Kier molecular flexibility index (Phi) is 8.74. The van der Waals surface area contributed by atoms with E-state index in [1.165, 1.54) is 51.9 Å². The lowest BCUT2D eigenvalue weighted by Crippen LogP contribution is -3.08. The normalized spacial score (nSPS) is 16.0. The van der Waals surface area contributed by atoms with E-state index in [0.29, 0.717) is 29.2 Å². The molecule has 8 nitrogen and oxygen atoms in total. The topological polar surface area (TPSA) is 97.2 Å². The minimum Gasteiger partial charge on any atom is -0.465 e. The molecule has 2 aromatic rings. The van der Waals surface area contributed by atoms with Crippen molar-refractivity contribution in [3.8, 4) is 0 Å². The van der Waals surface area contributed by atoms with Crippen LogP contribution in [0.4, 0.5) is 5.00 Å². The molecule has 0 bridgehead atoms. The molecule has 0 saturated carbocycles. The van der Waals surface area contributed by atoms with Gasteiger partial charge in [-0.25, -0.2) is 13.2 Å². The minimum absolute atomic E-state index is 0.156. The second-order valence-electron chi connectivity index (χ2n) is 9.92. The Morgan fingerprint density at radius 2 is 1.71 bits per heavy atom. The molecule has 35 heavy (non-hydrogen) atoms. The number of fused-ring (bicyclic) bond motifs is 1. The van der Waals surface area contributed by atoms with E-state index in [1.54, 1.807) is 0 Å². The largest absolute Gasteiger partial charge is 0.465 e. The van der Waals surface area contributed by atoms with Crippen LogP contribution in [0.1, 0.15) is 58.9 Å². The van der Waals surface area contributed by atoms with E-state index >= 15 is 0 Å². The van der Waals surface area contributed by atoms with Gasteiger partial charge in [0.1, 0.15) is 11.5 Å². The van der Waals surface area contributed by atoms with Crippen LogP contribution >= 0.6 is 11.3 Å². The predicted molar refractivity (Wildman–Crippen MR) is 138 cm³/mol.